The normalized spacial score (nSPS) is 12.7. The lowest BCUT2D eigenvalue weighted by atomic mass is 10.2. The average Bonchev–Trinajstić information content (AvgIpc) is 3.18. The topological polar surface area (TPSA) is 93.8 Å². The number of carbonyl (C=O) groups is 2. The minimum Gasteiger partial charge on any atom is -0.348 e. The molecule has 0 aliphatic rings. The highest BCUT2D eigenvalue weighted by molar-refractivity contribution is 8.29. The van der Waals surface area contributed by atoms with E-state index in [9.17, 15) is 9.59 Å². The molecule has 0 saturated heterocycles. The molecule has 1 atom stereocenters. The van der Waals surface area contributed by atoms with Gasteiger partial charge in [0.05, 0.1) is 16.7 Å². The number of aromatic nitrogens is 4. The van der Waals surface area contributed by atoms with E-state index in [-0.39, 0.29) is 26.0 Å². The monoisotopic (exact) mass is 446 g/mol. The van der Waals surface area contributed by atoms with E-state index in [1.54, 1.807) is 47.6 Å². The number of carbonyl (C=O) groups excluding carboxylic acids is 2. The van der Waals surface area contributed by atoms with Crippen LogP contribution in [0.4, 0.5) is 5.69 Å². The van der Waals surface area contributed by atoms with Crippen LogP contribution in [0.2, 0.25) is 0 Å². The highest BCUT2D eigenvalue weighted by Gasteiger charge is 2.23. The Bertz CT molecular complexity index is 1160. The van der Waals surface area contributed by atoms with Crippen molar-refractivity contribution >= 4 is 49.2 Å². The minimum absolute atomic E-state index is 0.170. The van der Waals surface area contributed by atoms with E-state index in [0.29, 0.717) is 29.4 Å². The van der Waals surface area contributed by atoms with Gasteiger partial charge >= 0.3 is 0 Å². The maximum Gasteiger partial charge on any atom is 0.291 e. The van der Waals surface area contributed by atoms with Gasteiger partial charge in [0.15, 0.2) is 11.6 Å². The summed E-state index contributed by atoms with van der Waals surface area (Å²) in [5.74, 6) is 0.0869. The Labute approximate surface area is 182 Å². The second kappa shape index (κ2) is 8.27. The highest BCUT2D eigenvalue weighted by atomic mass is 32.8. The van der Waals surface area contributed by atoms with E-state index < -0.39 is 0 Å². The number of amides is 2. The van der Waals surface area contributed by atoms with Gasteiger partial charge < -0.3 is 19.8 Å². The summed E-state index contributed by atoms with van der Waals surface area (Å²) in [6.07, 6.45) is 3.78. The standard InChI is InChI=1S/C20H26N6O2S2/c1-12-10-25(4)16(22-12)19(28)23-13-7-8-14-15(9-13)26(5)17(24-14)18(27)21-11-20(2,3)30(6)29/h7-10H,11H2,1-6H3,(H,21,27)(H,23,28). The van der Waals surface area contributed by atoms with Crippen molar-refractivity contribution in [2.45, 2.75) is 25.5 Å². The zero-order valence-electron chi connectivity index (χ0n) is 17.9. The molecule has 3 aromatic rings. The van der Waals surface area contributed by atoms with Gasteiger partial charge in [0, 0.05) is 37.3 Å². The van der Waals surface area contributed by atoms with Gasteiger partial charge in [-0.2, -0.15) is 0 Å². The number of nitrogens with one attached hydrogen (secondary N) is 2. The van der Waals surface area contributed by atoms with Crippen molar-refractivity contribution in [3.63, 3.8) is 0 Å². The second-order valence-corrected chi connectivity index (χ2v) is 11.4. The number of aryl methyl sites for hydroxylation is 3. The van der Waals surface area contributed by atoms with Crippen LogP contribution in [0, 0.1) is 6.92 Å². The zero-order valence-corrected chi connectivity index (χ0v) is 19.6. The average molecular weight is 447 g/mol. The Hall–Kier alpha value is -2.59. The van der Waals surface area contributed by atoms with E-state index in [1.807, 2.05) is 27.0 Å². The van der Waals surface area contributed by atoms with Crippen LogP contribution in [-0.4, -0.2) is 48.5 Å². The van der Waals surface area contributed by atoms with Gasteiger partial charge in [-0.15, -0.1) is 9.45 Å². The van der Waals surface area contributed by atoms with Crippen LogP contribution in [-0.2, 0) is 34.7 Å². The van der Waals surface area contributed by atoms with Gasteiger partial charge in [-0.1, -0.05) is 11.2 Å². The summed E-state index contributed by atoms with van der Waals surface area (Å²) in [5, 5.41) is 5.79. The molecule has 2 aromatic heterocycles. The summed E-state index contributed by atoms with van der Waals surface area (Å²) in [6, 6.07) is 5.33. The fraction of sp³-hybridized carbons (Fsp3) is 0.400. The van der Waals surface area contributed by atoms with Gasteiger partial charge in [-0.25, -0.2) is 9.97 Å². The minimum atomic E-state index is -0.300. The zero-order chi connectivity index (χ0) is 22.2. The molecule has 0 aliphatic carbocycles. The van der Waals surface area contributed by atoms with Gasteiger partial charge in [0.25, 0.3) is 11.8 Å². The Morgan fingerprint density at radius 3 is 2.47 bits per heavy atom. The third-order valence-electron chi connectivity index (χ3n) is 4.99. The molecule has 2 amide bonds. The molecule has 10 heteroatoms. The van der Waals surface area contributed by atoms with Crippen LogP contribution >= 0.6 is 0 Å². The molecule has 8 nitrogen and oxygen atoms in total. The van der Waals surface area contributed by atoms with Crippen LogP contribution in [0.25, 0.3) is 11.0 Å². The van der Waals surface area contributed by atoms with Crippen LogP contribution in [0.3, 0.4) is 0 Å². The molecule has 2 N–H and O–H groups in total. The predicted octanol–water partition coefficient (Wildman–Crippen LogP) is 2.09. The summed E-state index contributed by atoms with van der Waals surface area (Å²) in [6.45, 7) is 6.39. The number of fused-ring (bicyclic) bond motifs is 1. The van der Waals surface area contributed by atoms with Gasteiger partial charge in [0.2, 0.25) is 0 Å². The Morgan fingerprint density at radius 1 is 1.17 bits per heavy atom. The summed E-state index contributed by atoms with van der Waals surface area (Å²) in [7, 11) is 3.31. The first-order chi connectivity index (χ1) is 14.0. The number of imidazole rings is 2. The number of hydrogen-bond donors (Lipinski definition) is 2. The van der Waals surface area contributed by atoms with Crippen LogP contribution in [0.1, 0.15) is 40.8 Å². The van der Waals surface area contributed by atoms with Crippen LogP contribution in [0.5, 0.6) is 0 Å². The molecule has 3 rings (SSSR count). The van der Waals surface area contributed by atoms with Crippen molar-refractivity contribution in [3.05, 3.63) is 41.7 Å². The van der Waals surface area contributed by atoms with Crippen LogP contribution in [0.15, 0.2) is 24.4 Å². The lowest BCUT2D eigenvalue weighted by Gasteiger charge is -2.24. The smallest absolute Gasteiger partial charge is 0.291 e. The predicted molar refractivity (Wildman–Crippen MR) is 124 cm³/mol. The van der Waals surface area contributed by atoms with E-state index in [4.69, 9.17) is 11.2 Å². The van der Waals surface area contributed by atoms with Crippen molar-refractivity contribution in [3.8, 4) is 0 Å². The number of nitrogens with zero attached hydrogens (tertiary/aromatic N) is 4. The van der Waals surface area contributed by atoms with Gasteiger partial charge in [-0.05, 0) is 45.2 Å². The van der Waals surface area contributed by atoms with Gasteiger partial charge in [0.1, 0.15) is 0 Å². The number of hydrogen-bond acceptors (Lipinski definition) is 5. The van der Waals surface area contributed by atoms with Crippen molar-refractivity contribution in [2.24, 2.45) is 14.1 Å². The fourth-order valence-electron chi connectivity index (χ4n) is 2.96. The molecule has 0 radical (unpaired) electrons. The molecule has 0 spiro atoms. The summed E-state index contributed by atoms with van der Waals surface area (Å²) in [4.78, 5) is 33.9. The van der Waals surface area contributed by atoms with E-state index in [2.05, 4.69) is 20.6 Å². The SMILES string of the molecule is Cc1cn(C)c(C(=O)Nc2ccc3nc(C(=O)NCC(C)(C)S(C)=S)n(C)c3c2)n1. The number of anilines is 1. The summed E-state index contributed by atoms with van der Waals surface area (Å²) >= 11 is 5.37. The molecule has 0 bridgehead atoms. The third-order valence-corrected chi connectivity index (χ3v) is 8.05. The Kier molecular flexibility index (Phi) is 6.09. The van der Waals surface area contributed by atoms with Crippen molar-refractivity contribution in [2.75, 3.05) is 18.1 Å². The quantitative estimate of drug-likeness (QED) is 0.605. The largest absolute Gasteiger partial charge is 0.348 e. The molecule has 30 heavy (non-hydrogen) atoms. The summed E-state index contributed by atoms with van der Waals surface area (Å²) in [5.41, 5.74) is 2.79. The molecule has 0 saturated carbocycles. The molecule has 2 heterocycles. The first kappa shape index (κ1) is 22.1. The molecular formula is C20H26N6O2S2. The fourth-order valence-corrected chi connectivity index (χ4v) is 3.41. The van der Waals surface area contributed by atoms with Crippen molar-refractivity contribution in [1.82, 2.24) is 24.4 Å². The third kappa shape index (κ3) is 4.44. The number of rotatable bonds is 6. The lowest BCUT2D eigenvalue weighted by Crippen LogP contribution is -2.41. The Balaban J connectivity index is 1.81. The molecule has 0 fully saturated rings. The number of benzene rings is 1. The molecule has 0 aliphatic heterocycles. The van der Waals surface area contributed by atoms with Crippen molar-refractivity contribution < 1.29 is 9.59 Å². The molecular weight excluding hydrogens is 420 g/mol. The molecule has 160 valence electrons. The van der Waals surface area contributed by atoms with Gasteiger partial charge in [-0.3, -0.25) is 9.59 Å². The maximum absolute atomic E-state index is 12.7. The van der Waals surface area contributed by atoms with E-state index in [1.165, 1.54) is 0 Å². The van der Waals surface area contributed by atoms with Crippen LogP contribution < -0.4 is 10.6 Å². The van der Waals surface area contributed by atoms with Crippen molar-refractivity contribution in [1.29, 1.82) is 0 Å². The molecule has 1 aromatic carbocycles. The molecule has 1 unspecified atom stereocenters. The van der Waals surface area contributed by atoms with E-state index >= 15 is 0 Å². The summed E-state index contributed by atoms with van der Waals surface area (Å²) < 4.78 is 3.23. The maximum atomic E-state index is 12.7. The Morgan fingerprint density at radius 2 is 1.87 bits per heavy atom. The van der Waals surface area contributed by atoms with E-state index in [0.717, 1.165) is 11.2 Å². The second-order valence-electron chi connectivity index (χ2n) is 7.87. The highest BCUT2D eigenvalue weighted by Crippen LogP contribution is 2.21. The first-order valence-electron chi connectivity index (χ1n) is 9.39. The first-order valence-corrected chi connectivity index (χ1v) is 11.9. The lowest BCUT2D eigenvalue weighted by molar-refractivity contribution is 0.0937.